The summed E-state index contributed by atoms with van der Waals surface area (Å²) in [5, 5.41) is 0.716. The van der Waals surface area contributed by atoms with Crippen LogP contribution in [0.5, 0.6) is 0 Å². The van der Waals surface area contributed by atoms with Gasteiger partial charge in [0, 0.05) is 49.2 Å². The zero-order chi connectivity index (χ0) is 29.7. The Bertz CT molecular complexity index is 1160. The van der Waals surface area contributed by atoms with E-state index in [1.54, 1.807) is 18.1 Å². The zero-order valence-corrected chi connectivity index (χ0v) is 25.5. The number of hydrogen-bond acceptors (Lipinski definition) is 7. The summed E-state index contributed by atoms with van der Waals surface area (Å²) in [6.07, 6.45) is 6.08. The largest absolute Gasteiger partial charge is 0.460 e. The fourth-order valence-corrected chi connectivity index (χ4v) is 4.72. The van der Waals surface area contributed by atoms with E-state index >= 15 is 0 Å². The number of carbonyl (C=O) groups is 2. The summed E-state index contributed by atoms with van der Waals surface area (Å²) in [5.74, 6) is -0.485. The molecule has 41 heavy (non-hydrogen) atoms. The molecular weight excluding hydrogens is 544 g/mol. The second kappa shape index (κ2) is 16.4. The van der Waals surface area contributed by atoms with Crippen molar-refractivity contribution in [1.82, 2.24) is 4.90 Å². The molecule has 2 aromatic carbocycles. The number of benzene rings is 2. The Balaban J connectivity index is 1.58. The number of fused-ring (bicyclic) bond motifs is 2. The molecule has 0 radical (unpaired) electrons. The monoisotopic (exact) mass is 586 g/mol. The Labute approximate surface area is 249 Å². The number of unbranched alkanes of at least 4 members (excludes halogenated alkanes) is 1. The maximum absolute atomic E-state index is 12.9. The molecule has 0 spiro atoms. The first kappa shape index (κ1) is 32.4. The molecule has 0 fully saturated rings. The molecule has 1 amide bonds. The quantitative estimate of drug-likeness (QED) is 0.145. The lowest BCUT2D eigenvalue weighted by atomic mass is 10.0. The summed E-state index contributed by atoms with van der Waals surface area (Å²) in [6.45, 7) is 8.39. The highest BCUT2D eigenvalue weighted by Gasteiger charge is 2.23. The van der Waals surface area contributed by atoms with E-state index in [1.165, 1.54) is 22.9 Å². The third-order valence-electron chi connectivity index (χ3n) is 6.48. The standard InChI is InChI=1S/C32H43ClN2O6/c1-32(2,3)41-31(37)34(18-9-12-30(36)40-23-22-39-21-20-38-4)17-7-8-19-35-28-11-6-5-10-25(28)13-14-26-15-16-27(33)24-29(26)35/h5-6,9-12,15-16,24H,7-8,13-14,17-23H2,1-4H3/b12-9+. The third-order valence-corrected chi connectivity index (χ3v) is 6.71. The molecule has 1 heterocycles. The van der Waals surface area contributed by atoms with Gasteiger partial charge in [-0.3, -0.25) is 0 Å². The summed E-state index contributed by atoms with van der Waals surface area (Å²) in [5.41, 5.74) is 4.30. The molecule has 0 N–H and O–H groups in total. The summed E-state index contributed by atoms with van der Waals surface area (Å²) in [4.78, 5) is 29.0. The van der Waals surface area contributed by atoms with Crippen molar-refractivity contribution in [3.8, 4) is 0 Å². The van der Waals surface area contributed by atoms with E-state index in [9.17, 15) is 9.59 Å². The van der Waals surface area contributed by atoms with Crippen molar-refractivity contribution >= 4 is 35.0 Å². The van der Waals surface area contributed by atoms with Crippen molar-refractivity contribution in [1.29, 1.82) is 0 Å². The average Bonchev–Trinajstić information content (AvgIpc) is 3.07. The van der Waals surface area contributed by atoms with Crippen LogP contribution in [0.1, 0.15) is 44.7 Å². The van der Waals surface area contributed by atoms with E-state index in [4.69, 9.17) is 30.5 Å². The predicted octanol–water partition coefficient (Wildman–Crippen LogP) is 6.36. The highest BCUT2D eigenvalue weighted by atomic mass is 35.5. The van der Waals surface area contributed by atoms with Crippen molar-refractivity contribution in [2.75, 3.05) is 58.1 Å². The molecule has 0 saturated heterocycles. The van der Waals surface area contributed by atoms with Crippen LogP contribution < -0.4 is 4.90 Å². The second-order valence-corrected chi connectivity index (χ2v) is 11.3. The molecule has 9 heteroatoms. The summed E-state index contributed by atoms with van der Waals surface area (Å²) in [7, 11) is 1.60. The lowest BCUT2D eigenvalue weighted by Crippen LogP contribution is -2.37. The van der Waals surface area contributed by atoms with Gasteiger partial charge in [0.15, 0.2) is 0 Å². The number of halogens is 1. The number of para-hydroxylation sites is 1. The highest BCUT2D eigenvalue weighted by molar-refractivity contribution is 6.30. The molecule has 0 aromatic heterocycles. The number of ether oxygens (including phenoxy) is 4. The normalized spacial score (nSPS) is 13.0. The SMILES string of the molecule is COCCOCCOC(=O)/C=C/CN(CCCCN1c2ccccc2CCc2ccc(Cl)cc21)C(=O)OC(C)(C)C. The van der Waals surface area contributed by atoms with E-state index in [2.05, 4.69) is 35.2 Å². The molecule has 2 aromatic rings. The lowest BCUT2D eigenvalue weighted by Gasteiger charge is -2.29. The number of aryl methyl sites for hydroxylation is 2. The van der Waals surface area contributed by atoms with Crippen molar-refractivity contribution in [3.63, 3.8) is 0 Å². The van der Waals surface area contributed by atoms with Crippen molar-refractivity contribution in [2.45, 2.75) is 52.1 Å². The molecule has 1 aliphatic rings. The zero-order valence-electron chi connectivity index (χ0n) is 24.7. The molecule has 8 nitrogen and oxygen atoms in total. The van der Waals surface area contributed by atoms with Gasteiger partial charge in [0.25, 0.3) is 0 Å². The van der Waals surface area contributed by atoms with Gasteiger partial charge in [0.05, 0.1) is 19.8 Å². The van der Waals surface area contributed by atoms with Gasteiger partial charge in [0.2, 0.25) is 0 Å². The van der Waals surface area contributed by atoms with E-state index < -0.39 is 17.7 Å². The van der Waals surface area contributed by atoms with Crippen LogP contribution in [0.15, 0.2) is 54.6 Å². The molecule has 3 rings (SSSR count). The fourth-order valence-electron chi connectivity index (χ4n) is 4.55. The maximum atomic E-state index is 12.9. The predicted molar refractivity (Wildman–Crippen MR) is 162 cm³/mol. The lowest BCUT2D eigenvalue weighted by molar-refractivity contribution is -0.139. The van der Waals surface area contributed by atoms with Crippen LogP contribution in [0.2, 0.25) is 5.02 Å². The molecule has 0 saturated carbocycles. The molecule has 0 bridgehead atoms. The fraction of sp³-hybridized carbons (Fsp3) is 0.500. The van der Waals surface area contributed by atoms with Gasteiger partial charge in [-0.2, -0.15) is 0 Å². The first-order valence-electron chi connectivity index (χ1n) is 14.2. The van der Waals surface area contributed by atoms with E-state index in [0.717, 1.165) is 37.9 Å². The van der Waals surface area contributed by atoms with Crippen LogP contribution in [0.4, 0.5) is 16.2 Å². The Morgan fingerprint density at radius 1 is 0.976 bits per heavy atom. The number of esters is 1. The Morgan fingerprint density at radius 3 is 2.46 bits per heavy atom. The summed E-state index contributed by atoms with van der Waals surface area (Å²) < 4.78 is 21.0. The minimum absolute atomic E-state index is 0.149. The van der Waals surface area contributed by atoms with Crippen LogP contribution in [0, 0.1) is 0 Å². The number of rotatable bonds is 14. The molecule has 1 aliphatic heterocycles. The molecule has 0 aliphatic carbocycles. The van der Waals surface area contributed by atoms with Crippen LogP contribution in [0.3, 0.4) is 0 Å². The van der Waals surface area contributed by atoms with Gasteiger partial charge in [-0.15, -0.1) is 0 Å². The summed E-state index contributed by atoms with van der Waals surface area (Å²) in [6, 6.07) is 14.6. The van der Waals surface area contributed by atoms with Crippen LogP contribution in [0.25, 0.3) is 0 Å². The first-order valence-corrected chi connectivity index (χ1v) is 14.6. The topological polar surface area (TPSA) is 77.5 Å². The smallest absolute Gasteiger partial charge is 0.410 e. The number of carbonyl (C=O) groups excluding carboxylic acids is 2. The van der Waals surface area contributed by atoms with Gasteiger partial charge in [0.1, 0.15) is 12.2 Å². The van der Waals surface area contributed by atoms with E-state index in [0.29, 0.717) is 31.4 Å². The van der Waals surface area contributed by atoms with Crippen molar-refractivity contribution in [3.05, 3.63) is 70.8 Å². The van der Waals surface area contributed by atoms with Crippen LogP contribution >= 0.6 is 11.6 Å². The van der Waals surface area contributed by atoms with Gasteiger partial charge in [-0.05, 0) is 75.8 Å². The minimum atomic E-state index is -0.625. The number of methoxy groups -OCH3 is 1. The van der Waals surface area contributed by atoms with Gasteiger partial charge < -0.3 is 28.7 Å². The number of hydrogen-bond donors (Lipinski definition) is 0. The number of nitrogens with zero attached hydrogens (tertiary/aromatic N) is 2. The Morgan fingerprint density at radius 2 is 1.71 bits per heavy atom. The Hall–Kier alpha value is -3.07. The molecule has 0 unspecified atom stereocenters. The average molecular weight is 587 g/mol. The van der Waals surface area contributed by atoms with Crippen LogP contribution in [-0.2, 0) is 36.6 Å². The van der Waals surface area contributed by atoms with Gasteiger partial charge in [-0.1, -0.05) is 41.9 Å². The van der Waals surface area contributed by atoms with Gasteiger partial charge >= 0.3 is 12.1 Å². The van der Waals surface area contributed by atoms with Crippen molar-refractivity contribution in [2.24, 2.45) is 0 Å². The second-order valence-electron chi connectivity index (χ2n) is 10.9. The maximum Gasteiger partial charge on any atom is 0.410 e. The first-order chi connectivity index (χ1) is 19.7. The Kier molecular flexibility index (Phi) is 13.0. The van der Waals surface area contributed by atoms with E-state index in [-0.39, 0.29) is 13.2 Å². The number of amides is 1. The molecule has 0 atom stereocenters. The molecular formula is C32H43ClN2O6. The summed E-state index contributed by atoms with van der Waals surface area (Å²) >= 11 is 6.40. The van der Waals surface area contributed by atoms with E-state index in [1.807, 2.05) is 32.9 Å². The van der Waals surface area contributed by atoms with Crippen LogP contribution in [-0.4, -0.2) is 75.7 Å². The van der Waals surface area contributed by atoms with Gasteiger partial charge in [-0.25, -0.2) is 9.59 Å². The third kappa shape index (κ3) is 11.0. The van der Waals surface area contributed by atoms with Crippen molar-refractivity contribution < 1.29 is 28.5 Å². The molecule has 224 valence electrons. The minimum Gasteiger partial charge on any atom is -0.460 e. The number of anilines is 2. The highest BCUT2D eigenvalue weighted by Crippen LogP contribution is 2.37.